The Bertz CT molecular complexity index is 790. The van der Waals surface area contributed by atoms with Crippen molar-refractivity contribution in [3.8, 4) is 5.75 Å². The highest BCUT2D eigenvalue weighted by atomic mass is 19.4. The van der Waals surface area contributed by atoms with Crippen molar-refractivity contribution < 1.29 is 22.7 Å². The van der Waals surface area contributed by atoms with Gasteiger partial charge in [-0.3, -0.25) is 4.79 Å². The number of hydrogen-bond acceptors (Lipinski definition) is 4. The Labute approximate surface area is 162 Å². The van der Waals surface area contributed by atoms with E-state index in [0.717, 1.165) is 24.2 Å². The molecule has 2 rings (SSSR count). The summed E-state index contributed by atoms with van der Waals surface area (Å²) in [7, 11) is 3.96. The number of nitrogens with zero attached hydrogens (tertiary/aromatic N) is 1. The first kappa shape index (κ1) is 21.6. The first-order valence-electron chi connectivity index (χ1n) is 8.80. The summed E-state index contributed by atoms with van der Waals surface area (Å²) in [5.74, 6) is -0.418. The van der Waals surface area contributed by atoms with Gasteiger partial charge in [-0.1, -0.05) is 0 Å². The highest BCUT2D eigenvalue weighted by molar-refractivity contribution is 5.95. The smallest absolute Gasteiger partial charge is 0.406 e. The lowest BCUT2D eigenvalue weighted by Crippen LogP contribution is -2.27. The molecule has 0 aliphatic carbocycles. The van der Waals surface area contributed by atoms with Gasteiger partial charge in [0.25, 0.3) is 5.91 Å². The fourth-order valence-electron chi connectivity index (χ4n) is 2.54. The Balaban J connectivity index is 1.95. The van der Waals surface area contributed by atoms with Crippen LogP contribution < -0.4 is 15.4 Å². The van der Waals surface area contributed by atoms with Crippen molar-refractivity contribution >= 4 is 17.3 Å². The number of rotatable bonds is 8. The molecule has 0 saturated heterocycles. The highest BCUT2D eigenvalue weighted by Crippen LogP contribution is 2.26. The average molecular weight is 395 g/mol. The third-order valence-electron chi connectivity index (χ3n) is 3.92. The lowest BCUT2D eigenvalue weighted by Gasteiger charge is -2.13. The van der Waals surface area contributed by atoms with E-state index in [-0.39, 0.29) is 11.7 Å². The maximum absolute atomic E-state index is 12.2. The summed E-state index contributed by atoms with van der Waals surface area (Å²) in [5, 5.41) is 6.00. The van der Waals surface area contributed by atoms with Gasteiger partial charge in [0.05, 0.1) is 0 Å². The van der Waals surface area contributed by atoms with Gasteiger partial charge in [-0.05, 0) is 82.0 Å². The number of halogens is 3. The second-order valence-electron chi connectivity index (χ2n) is 6.64. The summed E-state index contributed by atoms with van der Waals surface area (Å²) in [4.78, 5) is 14.3. The Morgan fingerprint density at radius 3 is 2.36 bits per heavy atom. The van der Waals surface area contributed by atoms with Crippen LogP contribution in [0.1, 0.15) is 22.3 Å². The predicted molar refractivity (Wildman–Crippen MR) is 103 cm³/mol. The minimum absolute atomic E-state index is 0.137. The molecule has 0 fully saturated rings. The van der Waals surface area contributed by atoms with E-state index in [1.54, 1.807) is 18.2 Å². The summed E-state index contributed by atoms with van der Waals surface area (Å²) in [6.07, 6.45) is -3.85. The zero-order valence-corrected chi connectivity index (χ0v) is 16.1. The van der Waals surface area contributed by atoms with Gasteiger partial charge in [0, 0.05) is 23.5 Å². The van der Waals surface area contributed by atoms with Crippen molar-refractivity contribution in [3.05, 3.63) is 53.6 Å². The van der Waals surface area contributed by atoms with Crippen LogP contribution in [0.2, 0.25) is 0 Å². The lowest BCUT2D eigenvalue weighted by molar-refractivity contribution is -0.274. The number of hydrogen-bond donors (Lipinski definition) is 2. The number of alkyl halides is 3. The van der Waals surface area contributed by atoms with E-state index in [2.05, 4.69) is 20.3 Å². The van der Waals surface area contributed by atoms with Crippen molar-refractivity contribution in [2.75, 3.05) is 32.5 Å². The van der Waals surface area contributed by atoms with Crippen molar-refractivity contribution in [3.63, 3.8) is 0 Å². The molecule has 0 radical (unpaired) electrons. The predicted octanol–water partition coefficient (Wildman–Crippen LogP) is 4.32. The summed E-state index contributed by atoms with van der Waals surface area (Å²) in [6, 6.07) is 10.7. The van der Waals surface area contributed by atoms with E-state index in [0.29, 0.717) is 17.8 Å². The summed E-state index contributed by atoms with van der Waals surface area (Å²) in [5.41, 5.74) is 2.77. The molecule has 0 saturated carbocycles. The fourth-order valence-corrected chi connectivity index (χ4v) is 2.54. The summed E-state index contributed by atoms with van der Waals surface area (Å²) in [6.45, 7) is 3.35. The molecule has 0 bridgehead atoms. The van der Waals surface area contributed by atoms with Gasteiger partial charge in [0.1, 0.15) is 5.75 Å². The molecule has 5 nitrogen and oxygen atoms in total. The summed E-state index contributed by atoms with van der Waals surface area (Å²) >= 11 is 0. The van der Waals surface area contributed by atoms with E-state index in [4.69, 9.17) is 0 Å². The van der Waals surface area contributed by atoms with Gasteiger partial charge < -0.3 is 20.3 Å². The number of nitrogens with one attached hydrogen (secondary N) is 2. The van der Waals surface area contributed by atoms with Gasteiger partial charge in [0.15, 0.2) is 0 Å². The number of ether oxygens (including phenoxy) is 1. The molecule has 0 aliphatic rings. The van der Waals surface area contributed by atoms with E-state index < -0.39 is 6.36 Å². The lowest BCUT2D eigenvalue weighted by atomic mass is 10.1. The molecule has 28 heavy (non-hydrogen) atoms. The van der Waals surface area contributed by atoms with E-state index in [1.165, 1.54) is 24.3 Å². The second kappa shape index (κ2) is 9.45. The number of amides is 1. The molecule has 1 amide bonds. The number of anilines is 2. The minimum atomic E-state index is -4.71. The highest BCUT2D eigenvalue weighted by Gasteiger charge is 2.30. The van der Waals surface area contributed by atoms with Crippen LogP contribution in [-0.4, -0.2) is 44.4 Å². The van der Waals surface area contributed by atoms with Crippen LogP contribution in [-0.2, 0) is 0 Å². The number of aryl methyl sites for hydroxylation is 1. The Morgan fingerprint density at radius 1 is 1.11 bits per heavy atom. The zero-order valence-electron chi connectivity index (χ0n) is 16.1. The Morgan fingerprint density at radius 2 is 1.79 bits per heavy atom. The molecule has 2 aromatic rings. The van der Waals surface area contributed by atoms with Crippen LogP contribution in [0.5, 0.6) is 5.75 Å². The zero-order chi connectivity index (χ0) is 20.7. The van der Waals surface area contributed by atoms with Crippen molar-refractivity contribution in [1.29, 1.82) is 0 Å². The molecule has 2 aromatic carbocycles. The third kappa shape index (κ3) is 7.11. The van der Waals surface area contributed by atoms with Gasteiger partial charge in [-0.2, -0.15) is 0 Å². The Kier molecular flexibility index (Phi) is 7.28. The molecule has 8 heteroatoms. The van der Waals surface area contributed by atoms with E-state index in [1.807, 2.05) is 21.0 Å². The number of carbonyl (C=O) groups excluding carboxylic acids is 1. The quantitative estimate of drug-likeness (QED) is 0.654. The monoisotopic (exact) mass is 395 g/mol. The second-order valence-corrected chi connectivity index (χ2v) is 6.64. The SMILES string of the molecule is Cc1cc(C(=O)NCCCN(C)C)ccc1Nc1ccc(OC(F)(F)F)cc1. The molecule has 2 N–H and O–H groups in total. The number of carbonyl (C=O) groups is 1. The van der Waals surface area contributed by atoms with Crippen molar-refractivity contribution in [2.45, 2.75) is 19.7 Å². The average Bonchev–Trinajstić information content (AvgIpc) is 2.60. The van der Waals surface area contributed by atoms with E-state index in [9.17, 15) is 18.0 Å². The molecule has 0 spiro atoms. The normalized spacial score (nSPS) is 11.4. The standard InChI is InChI=1S/C20H24F3N3O2/c1-14-13-15(19(27)24-11-4-12-26(2)3)5-10-18(14)25-16-6-8-17(9-7-16)28-20(21,22)23/h5-10,13,25H,4,11-12H2,1-3H3,(H,24,27). The number of benzene rings is 2. The summed E-state index contributed by atoms with van der Waals surface area (Å²) < 4.78 is 40.5. The molecule has 0 aromatic heterocycles. The fraction of sp³-hybridized carbons (Fsp3) is 0.350. The first-order valence-corrected chi connectivity index (χ1v) is 8.80. The van der Waals surface area contributed by atoms with Crippen LogP contribution in [0.15, 0.2) is 42.5 Å². The molecular weight excluding hydrogens is 371 g/mol. The van der Waals surface area contributed by atoms with Gasteiger partial charge in [-0.15, -0.1) is 13.2 Å². The van der Waals surface area contributed by atoms with Crippen LogP contribution in [0.25, 0.3) is 0 Å². The molecule has 0 heterocycles. The third-order valence-corrected chi connectivity index (χ3v) is 3.92. The molecule has 0 unspecified atom stereocenters. The van der Waals surface area contributed by atoms with Crippen molar-refractivity contribution in [1.82, 2.24) is 10.2 Å². The van der Waals surface area contributed by atoms with Gasteiger partial charge in [0.2, 0.25) is 0 Å². The maximum Gasteiger partial charge on any atom is 0.573 e. The first-order chi connectivity index (χ1) is 13.1. The van der Waals surface area contributed by atoms with Gasteiger partial charge in [-0.25, -0.2) is 0 Å². The minimum Gasteiger partial charge on any atom is -0.406 e. The molecule has 152 valence electrons. The van der Waals surface area contributed by atoms with E-state index >= 15 is 0 Å². The van der Waals surface area contributed by atoms with Gasteiger partial charge >= 0.3 is 6.36 Å². The molecular formula is C20H24F3N3O2. The van der Waals surface area contributed by atoms with Crippen LogP contribution >= 0.6 is 0 Å². The van der Waals surface area contributed by atoms with Crippen LogP contribution in [0, 0.1) is 6.92 Å². The maximum atomic E-state index is 12.2. The Hall–Kier alpha value is -2.74. The molecule has 0 aliphatic heterocycles. The van der Waals surface area contributed by atoms with Crippen molar-refractivity contribution in [2.24, 2.45) is 0 Å². The molecule has 0 atom stereocenters. The van der Waals surface area contributed by atoms with Crippen LogP contribution in [0.4, 0.5) is 24.5 Å². The van der Waals surface area contributed by atoms with Crippen LogP contribution in [0.3, 0.4) is 0 Å². The topological polar surface area (TPSA) is 53.6 Å². The largest absolute Gasteiger partial charge is 0.573 e.